The zero-order valence-corrected chi connectivity index (χ0v) is 27.2. The highest BCUT2D eigenvalue weighted by Gasteiger charge is 2.77. The zero-order chi connectivity index (χ0) is 31.4. The summed E-state index contributed by atoms with van der Waals surface area (Å²) in [5, 5.41) is 13.2. The number of nitrogens with zero attached hydrogens (tertiary/aromatic N) is 2. The third-order valence-corrected chi connectivity index (χ3v) is 9.72. The maximum atomic E-state index is 14.5. The van der Waals surface area contributed by atoms with Gasteiger partial charge in [-0.05, 0) is 39.0 Å². The largest absolute Gasteiger partial charge is 0.460 e. The summed E-state index contributed by atoms with van der Waals surface area (Å²) in [5.74, 6) is -3.45. The van der Waals surface area contributed by atoms with Crippen molar-refractivity contribution in [2.75, 3.05) is 19.7 Å². The molecule has 0 aromatic carbocycles. The van der Waals surface area contributed by atoms with Gasteiger partial charge >= 0.3 is 5.97 Å². The first-order valence-corrected chi connectivity index (χ1v) is 16.1. The van der Waals surface area contributed by atoms with Crippen molar-refractivity contribution in [3.63, 3.8) is 0 Å². The first kappa shape index (κ1) is 34.3. The van der Waals surface area contributed by atoms with Crippen molar-refractivity contribution in [1.82, 2.24) is 15.1 Å². The van der Waals surface area contributed by atoms with Crippen molar-refractivity contribution in [2.45, 2.75) is 107 Å². The molecular weight excluding hydrogens is 606 g/mol. The third-order valence-electron chi connectivity index (χ3n) is 8.87. The van der Waals surface area contributed by atoms with Gasteiger partial charge < -0.3 is 29.7 Å². The summed E-state index contributed by atoms with van der Waals surface area (Å²) in [5.41, 5.74) is -1.26. The standard InChI is InChI=1S/C31H48BrN3O7/c1-8-11-13-23(37)33-16-20(7)41-30(40)24-25-28(38)35(22(17-36)18(4)5)27(31(25)15-21(32)26(24)42-31)29(39)34(14-10-3)19(6)12-9-2/h8,10,18-22,24-27,36H,1,3,9,11-17H2,2,4-7H3,(H,33,37)/t19?,20-,21?,22-,24-,25+,26-,27-,31+/m0/s1. The van der Waals surface area contributed by atoms with E-state index in [0.29, 0.717) is 25.8 Å². The fourth-order valence-electron chi connectivity index (χ4n) is 6.85. The van der Waals surface area contributed by atoms with E-state index in [1.807, 2.05) is 20.8 Å². The van der Waals surface area contributed by atoms with Gasteiger partial charge in [-0.2, -0.15) is 0 Å². The second-order valence-corrected chi connectivity index (χ2v) is 13.4. The van der Waals surface area contributed by atoms with Crippen LogP contribution in [0, 0.1) is 17.8 Å². The van der Waals surface area contributed by atoms with Crippen LogP contribution in [0.15, 0.2) is 25.3 Å². The molecule has 0 aromatic rings. The molecule has 2 unspecified atom stereocenters. The maximum absolute atomic E-state index is 14.5. The minimum atomic E-state index is -1.26. The molecule has 3 heterocycles. The minimum absolute atomic E-state index is 0.110. The summed E-state index contributed by atoms with van der Waals surface area (Å²) >= 11 is 3.68. The smallest absolute Gasteiger partial charge is 0.312 e. The van der Waals surface area contributed by atoms with Crippen LogP contribution in [0.4, 0.5) is 0 Å². The Balaban J connectivity index is 1.97. The van der Waals surface area contributed by atoms with Gasteiger partial charge in [-0.1, -0.05) is 55.3 Å². The van der Waals surface area contributed by atoms with Crippen LogP contribution < -0.4 is 5.32 Å². The van der Waals surface area contributed by atoms with E-state index >= 15 is 0 Å². The number of likely N-dealkylation sites (tertiary alicyclic amines) is 1. The molecule has 3 rings (SSSR count). The molecule has 11 heteroatoms. The highest BCUT2D eigenvalue weighted by molar-refractivity contribution is 9.09. The predicted molar refractivity (Wildman–Crippen MR) is 163 cm³/mol. The molecule has 1 spiro atoms. The van der Waals surface area contributed by atoms with Crippen LogP contribution in [0.5, 0.6) is 0 Å². The van der Waals surface area contributed by atoms with Crippen molar-refractivity contribution >= 4 is 39.6 Å². The summed E-state index contributed by atoms with van der Waals surface area (Å²) in [6.07, 6.45) is 4.87. The Labute approximate surface area is 258 Å². The Kier molecular flexibility index (Phi) is 11.8. The molecular formula is C31H48BrN3O7. The molecule has 3 amide bonds. The molecule has 236 valence electrons. The topological polar surface area (TPSA) is 125 Å². The number of hydrogen-bond acceptors (Lipinski definition) is 7. The van der Waals surface area contributed by atoms with Crippen LogP contribution in [-0.4, -0.2) is 99.1 Å². The molecule has 0 aromatic heterocycles. The van der Waals surface area contributed by atoms with Crippen molar-refractivity contribution in [1.29, 1.82) is 0 Å². The molecule has 42 heavy (non-hydrogen) atoms. The van der Waals surface area contributed by atoms with Crippen molar-refractivity contribution in [3.05, 3.63) is 25.3 Å². The average molecular weight is 655 g/mol. The quantitative estimate of drug-likeness (QED) is 0.149. The van der Waals surface area contributed by atoms with Crippen LogP contribution in [0.2, 0.25) is 0 Å². The molecule has 3 aliphatic heterocycles. The van der Waals surface area contributed by atoms with E-state index in [2.05, 4.69) is 41.3 Å². The molecule has 10 nitrogen and oxygen atoms in total. The number of allylic oxidation sites excluding steroid dienone is 1. The summed E-state index contributed by atoms with van der Waals surface area (Å²) < 4.78 is 12.3. The van der Waals surface area contributed by atoms with Crippen LogP contribution in [0.1, 0.15) is 66.7 Å². The van der Waals surface area contributed by atoms with E-state index in [4.69, 9.17) is 9.47 Å². The molecule has 9 atom stereocenters. The Morgan fingerprint density at radius 3 is 2.52 bits per heavy atom. The molecule has 2 bridgehead atoms. The molecule has 0 aliphatic carbocycles. The van der Waals surface area contributed by atoms with Gasteiger partial charge in [-0.3, -0.25) is 19.2 Å². The number of aliphatic hydroxyl groups is 1. The van der Waals surface area contributed by atoms with E-state index in [1.54, 1.807) is 24.0 Å². The summed E-state index contributed by atoms with van der Waals surface area (Å²) in [6, 6.07) is -1.77. The number of carbonyl (C=O) groups excluding carboxylic acids is 4. The number of aliphatic hydroxyl groups excluding tert-OH is 1. The van der Waals surface area contributed by atoms with Gasteiger partial charge in [0.25, 0.3) is 0 Å². The van der Waals surface area contributed by atoms with Crippen LogP contribution in [0.25, 0.3) is 0 Å². The van der Waals surface area contributed by atoms with Gasteiger partial charge in [0, 0.05) is 23.8 Å². The lowest BCUT2D eigenvalue weighted by Gasteiger charge is -2.41. The number of alkyl halides is 1. The van der Waals surface area contributed by atoms with Crippen LogP contribution in [0.3, 0.4) is 0 Å². The Hall–Kier alpha value is -2.24. The maximum Gasteiger partial charge on any atom is 0.312 e. The third kappa shape index (κ3) is 6.48. The van der Waals surface area contributed by atoms with E-state index in [0.717, 1.165) is 12.8 Å². The number of ether oxygens (including phenoxy) is 2. The second-order valence-electron chi connectivity index (χ2n) is 12.2. The average Bonchev–Trinajstić information content (AvgIpc) is 3.53. The molecule has 0 saturated carbocycles. The highest BCUT2D eigenvalue weighted by Crippen LogP contribution is 2.61. The van der Waals surface area contributed by atoms with Crippen LogP contribution >= 0.6 is 15.9 Å². The number of esters is 1. The first-order chi connectivity index (χ1) is 19.9. The number of fused-ring (bicyclic) bond motifs is 1. The SMILES string of the molecule is C=CCCC(=O)NC[C@H](C)OC(=O)[C@@H]1[C@H]2O[C@@]3(CC2Br)[C@H](C(=O)N(CC=C)C(C)CCC)N([C@@H](CO)C(C)C)C(=O)[C@@H]13. The summed E-state index contributed by atoms with van der Waals surface area (Å²) in [7, 11) is 0. The molecule has 3 aliphatic rings. The molecule has 3 fully saturated rings. The summed E-state index contributed by atoms with van der Waals surface area (Å²) in [6.45, 7) is 17.0. The lowest BCUT2D eigenvalue weighted by molar-refractivity contribution is -0.160. The van der Waals surface area contributed by atoms with Crippen molar-refractivity contribution in [3.8, 4) is 0 Å². The van der Waals surface area contributed by atoms with Crippen LogP contribution in [-0.2, 0) is 28.7 Å². The number of hydrogen-bond donors (Lipinski definition) is 2. The monoisotopic (exact) mass is 653 g/mol. The van der Waals surface area contributed by atoms with Gasteiger partial charge in [0.05, 0.1) is 37.1 Å². The lowest BCUT2D eigenvalue weighted by atomic mass is 9.70. The van der Waals surface area contributed by atoms with Gasteiger partial charge in [0.1, 0.15) is 17.7 Å². The van der Waals surface area contributed by atoms with Crippen molar-refractivity contribution in [2.24, 2.45) is 17.8 Å². The fraction of sp³-hybridized carbons (Fsp3) is 0.742. The Morgan fingerprint density at radius 1 is 1.26 bits per heavy atom. The second kappa shape index (κ2) is 14.5. The van der Waals surface area contributed by atoms with E-state index < -0.39 is 47.7 Å². The number of halogens is 1. The van der Waals surface area contributed by atoms with Crippen molar-refractivity contribution < 1.29 is 33.8 Å². The number of carbonyl (C=O) groups is 4. The predicted octanol–water partition coefficient (Wildman–Crippen LogP) is 2.97. The van der Waals surface area contributed by atoms with E-state index in [-0.39, 0.29) is 47.7 Å². The zero-order valence-electron chi connectivity index (χ0n) is 25.6. The summed E-state index contributed by atoms with van der Waals surface area (Å²) in [4.78, 5) is 57.5. The fourth-order valence-corrected chi connectivity index (χ4v) is 7.79. The van der Waals surface area contributed by atoms with Gasteiger partial charge in [-0.25, -0.2) is 0 Å². The van der Waals surface area contributed by atoms with Gasteiger partial charge in [-0.15, -0.1) is 13.2 Å². The Bertz CT molecular complexity index is 1040. The Morgan fingerprint density at radius 2 is 1.95 bits per heavy atom. The van der Waals surface area contributed by atoms with E-state index in [9.17, 15) is 24.3 Å². The molecule has 2 N–H and O–H groups in total. The number of rotatable bonds is 16. The van der Waals surface area contributed by atoms with Gasteiger partial charge in [0.15, 0.2) is 0 Å². The number of nitrogens with one attached hydrogen (secondary N) is 1. The molecule has 0 radical (unpaired) electrons. The van der Waals surface area contributed by atoms with Gasteiger partial charge in [0.2, 0.25) is 17.7 Å². The number of amides is 3. The van der Waals surface area contributed by atoms with E-state index in [1.165, 1.54) is 4.90 Å². The lowest BCUT2D eigenvalue weighted by Crippen LogP contribution is -2.61. The molecule has 3 saturated heterocycles. The first-order valence-electron chi connectivity index (χ1n) is 15.1. The highest BCUT2D eigenvalue weighted by atomic mass is 79.9. The normalized spacial score (nSPS) is 30.0. The minimum Gasteiger partial charge on any atom is -0.460 e.